The van der Waals surface area contributed by atoms with Crippen molar-refractivity contribution >= 4 is 17.4 Å². The number of aryl methyl sites for hydroxylation is 1. The Hall–Kier alpha value is -1.99. The summed E-state index contributed by atoms with van der Waals surface area (Å²) in [6.07, 6.45) is 3.41. The summed E-state index contributed by atoms with van der Waals surface area (Å²) in [6, 6.07) is 8.31. The van der Waals surface area contributed by atoms with Gasteiger partial charge >= 0.3 is 0 Å². The molecule has 0 bridgehead atoms. The Bertz CT molecular complexity index is 747. The van der Waals surface area contributed by atoms with E-state index in [-0.39, 0.29) is 5.91 Å². The van der Waals surface area contributed by atoms with Gasteiger partial charge in [0.1, 0.15) is 10.6 Å². The van der Waals surface area contributed by atoms with Gasteiger partial charge in [0.25, 0.3) is 5.91 Å². The maximum absolute atomic E-state index is 12.6. The molecular formula is C20H28N4O2S. The number of aromatic nitrogens is 2. The molecule has 1 aliphatic rings. The highest BCUT2D eigenvalue weighted by Gasteiger charge is 2.24. The monoisotopic (exact) mass is 388 g/mol. The lowest BCUT2D eigenvalue weighted by Gasteiger charge is -2.34. The van der Waals surface area contributed by atoms with Crippen LogP contribution in [-0.4, -0.2) is 65.6 Å². The first-order valence-electron chi connectivity index (χ1n) is 9.46. The predicted molar refractivity (Wildman–Crippen MR) is 107 cm³/mol. The molecule has 0 radical (unpaired) electrons. The summed E-state index contributed by atoms with van der Waals surface area (Å²) >= 11 is 1.19. The molecule has 3 rings (SSSR count). The molecule has 2 heterocycles. The third-order valence-electron chi connectivity index (χ3n) is 5.20. The minimum Gasteiger partial charge on any atom is -0.497 e. The first-order chi connectivity index (χ1) is 13.1. The first kappa shape index (κ1) is 19.8. The zero-order valence-corrected chi connectivity index (χ0v) is 17.2. The number of amides is 1. The molecule has 1 fully saturated rings. The van der Waals surface area contributed by atoms with Crippen LogP contribution in [0.5, 0.6) is 5.75 Å². The minimum atomic E-state index is 0.0397. The van der Waals surface area contributed by atoms with Crippen molar-refractivity contribution in [2.75, 3.05) is 40.3 Å². The lowest BCUT2D eigenvalue weighted by molar-refractivity contribution is 0.0734. The number of carbonyl (C=O) groups excluding carboxylic acids is 1. The third-order valence-corrected chi connectivity index (χ3v) is 6.02. The predicted octanol–water partition coefficient (Wildman–Crippen LogP) is 2.88. The van der Waals surface area contributed by atoms with E-state index in [9.17, 15) is 4.79 Å². The number of ether oxygens (including phenoxy) is 1. The average molecular weight is 389 g/mol. The molecule has 6 nitrogen and oxygen atoms in total. The Kier molecular flexibility index (Phi) is 6.79. The molecule has 1 aromatic heterocycles. The highest BCUT2D eigenvalue weighted by molar-refractivity contribution is 7.07. The van der Waals surface area contributed by atoms with Gasteiger partial charge in [-0.25, -0.2) is 0 Å². The van der Waals surface area contributed by atoms with E-state index in [0.29, 0.717) is 10.8 Å². The van der Waals surface area contributed by atoms with Crippen molar-refractivity contribution in [3.63, 3.8) is 0 Å². The molecular weight excluding hydrogens is 360 g/mol. The molecule has 1 amide bonds. The van der Waals surface area contributed by atoms with Gasteiger partial charge < -0.3 is 14.5 Å². The van der Waals surface area contributed by atoms with Crippen molar-refractivity contribution in [3.8, 4) is 5.75 Å². The second kappa shape index (κ2) is 9.28. The zero-order chi connectivity index (χ0) is 19.2. The summed E-state index contributed by atoms with van der Waals surface area (Å²) in [5, 5.41) is 3.95. The standard InChI is InChI=1S/C20H28N4O2S/c1-15-19(27-22-21-15)20(25)23(2)13-17-5-4-11-24(14-17)12-10-16-6-8-18(26-3)9-7-16/h6-9,17H,4-5,10-14H2,1-3H3. The molecule has 0 saturated carbocycles. The van der Waals surface area contributed by atoms with Gasteiger partial charge in [0.2, 0.25) is 0 Å². The molecule has 7 heteroatoms. The van der Waals surface area contributed by atoms with Gasteiger partial charge in [-0.1, -0.05) is 16.6 Å². The molecule has 1 unspecified atom stereocenters. The van der Waals surface area contributed by atoms with Crippen LogP contribution in [0.15, 0.2) is 24.3 Å². The fraction of sp³-hybridized carbons (Fsp3) is 0.550. The topological polar surface area (TPSA) is 58.6 Å². The zero-order valence-electron chi connectivity index (χ0n) is 16.4. The normalized spacial score (nSPS) is 17.7. The van der Waals surface area contributed by atoms with Crippen LogP contribution in [0.1, 0.15) is 33.8 Å². The fourth-order valence-corrected chi connectivity index (χ4v) is 4.31. The maximum atomic E-state index is 12.6. The lowest BCUT2D eigenvalue weighted by atomic mass is 9.97. The van der Waals surface area contributed by atoms with Crippen molar-refractivity contribution in [1.29, 1.82) is 0 Å². The number of methoxy groups -OCH3 is 1. The van der Waals surface area contributed by atoms with Crippen LogP contribution >= 0.6 is 11.5 Å². The largest absolute Gasteiger partial charge is 0.497 e. The van der Waals surface area contributed by atoms with Gasteiger partial charge in [-0.05, 0) is 67.9 Å². The molecule has 1 atom stereocenters. The SMILES string of the molecule is COc1ccc(CCN2CCCC(CN(C)C(=O)c3snnc3C)C2)cc1. The van der Waals surface area contributed by atoms with Gasteiger partial charge in [-0.3, -0.25) is 4.79 Å². The van der Waals surface area contributed by atoms with E-state index in [4.69, 9.17) is 4.74 Å². The molecule has 0 N–H and O–H groups in total. The molecule has 146 valence electrons. The summed E-state index contributed by atoms with van der Waals surface area (Å²) in [7, 11) is 3.58. The van der Waals surface area contributed by atoms with Crippen LogP contribution in [0.3, 0.4) is 0 Å². The molecule has 0 aliphatic carbocycles. The molecule has 1 aliphatic heterocycles. The van der Waals surface area contributed by atoms with Crippen molar-refractivity contribution < 1.29 is 9.53 Å². The Morgan fingerprint density at radius 1 is 1.37 bits per heavy atom. The quantitative estimate of drug-likeness (QED) is 0.730. The van der Waals surface area contributed by atoms with E-state index in [1.165, 1.54) is 29.9 Å². The molecule has 1 aromatic carbocycles. The summed E-state index contributed by atoms with van der Waals surface area (Å²) in [5.41, 5.74) is 2.06. The van der Waals surface area contributed by atoms with Crippen LogP contribution < -0.4 is 4.74 Å². The number of likely N-dealkylation sites (tertiary alicyclic amines) is 1. The molecule has 2 aromatic rings. The Morgan fingerprint density at radius 2 is 2.15 bits per heavy atom. The summed E-state index contributed by atoms with van der Waals surface area (Å²) in [5.74, 6) is 1.46. The highest BCUT2D eigenvalue weighted by Crippen LogP contribution is 2.20. The van der Waals surface area contributed by atoms with Crippen molar-refractivity contribution in [3.05, 3.63) is 40.4 Å². The number of hydrogen-bond donors (Lipinski definition) is 0. The van der Waals surface area contributed by atoms with Crippen LogP contribution in [0, 0.1) is 12.8 Å². The highest BCUT2D eigenvalue weighted by atomic mass is 32.1. The van der Waals surface area contributed by atoms with Crippen LogP contribution in [0.2, 0.25) is 0 Å². The number of carbonyl (C=O) groups is 1. The van der Waals surface area contributed by atoms with Gasteiger partial charge in [0.15, 0.2) is 0 Å². The molecule has 27 heavy (non-hydrogen) atoms. The Balaban J connectivity index is 1.48. The number of piperidine rings is 1. The summed E-state index contributed by atoms with van der Waals surface area (Å²) in [6.45, 7) is 5.87. The second-order valence-corrected chi connectivity index (χ2v) is 8.03. The van der Waals surface area contributed by atoms with Crippen LogP contribution in [-0.2, 0) is 6.42 Å². The second-order valence-electron chi connectivity index (χ2n) is 7.28. The number of nitrogens with zero attached hydrogens (tertiary/aromatic N) is 4. The smallest absolute Gasteiger partial charge is 0.267 e. The van der Waals surface area contributed by atoms with Crippen molar-refractivity contribution in [2.45, 2.75) is 26.2 Å². The maximum Gasteiger partial charge on any atom is 0.267 e. The summed E-state index contributed by atoms with van der Waals surface area (Å²) in [4.78, 5) is 17.6. The van der Waals surface area contributed by atoms with Crippen molar-refractivity contribution in [1.82, 2.24) is 19.4 Å². The van der Waals surface area contributed by atoms with Gasteiger partial charge in [0, 0.05) is 26.7 Å². The van der Waals surface area contributed by atoms with Gasteiger partial charge in [0.05, 0.1) is 12.8 Å². The first-order valence-corrected chi connectivity index (χ1v) is 10.2. The van der Waals surface area contributed by atoms with E-state index >= 15 is 0 Å². The van der Waals surface area contributed by atoms with Crippen LogP contribution in [0.4, 0.5) is 0 Å². The Morgan fingerprint density at radius 3 is 2.81 bits per heavy atom. The fourth-order valence-electron chi connectivity index (χ4n) is 3.65. The molecule has 1 saturated heterocycles. The molecule has 0 spiro atoms. The van der Waals surface area contributed by atoms with Crippen molar-refractivity contribution in [2.24, 2.45) is 5.92 Å². The summed E-state index contributed by atoms with van der Waals surface area (Å²) < 4.78 is 9.09. The van der Waals surface area contributed by atoms with Gasteiger partial charge in [-0.2, -0.15) is 0 Å². The van der Waals surface area contributed by atoms with Crippen LogP contribution in [0.25, 0.3) is 0 Å². The van der Waals surface area contributed by atoms with E-state index in [1.54, 1.807) is 7.11 Å². The van der Waals surface area contributed by atoms with E-state index < -0.39 is 0 Å². The Labute approximate surface area is 165 Å². The van der Waals surface area contributed by atoms with E-state index in [0.717, 1.165) is 44.0 Å². The number of rotatable bonds is 7. The lowest BCUT2D eigenvalue weighted by Crippen LogP contribution is -2.42. The van der Waals surface area contributed by atoms with E-state index in [1.807, 2.05) is 31.0 Å². The minimum absolute atomic E-state index is 0.0397. The third kappa shape index (κ3) is 5.26. The number of hydrogen-bond acceptors (Lipinski definition) is 6. The van der Waals surface area contributed by atoms with Gasteiger partial charge in [-0.15, -0.1) is 5.10 Å². The average Bonchev–Trinajstić information content (AvgIpc) is 3.12. The number of benzene rings is 1. The van der Waals surface area contributed by atoms with E-state index in [2.05, 4.69) is 26.6 Å².